The SMILES string of the molecule is CO[Si]([SiH3])(CCCNCCN)OC[Si](C)(C)C. The molecule has 0 rings (SSSR count). The molecule has 0 saturated heterocycles. The molecule has 1 unspecified atom stereocenters. The van der Waals surface area contributed by atoms with E-state index >= 15 is 0 Å². The third-order valence-corrected chi connectivity index (χ3v) is 10.3. The Kier molecular flexibility index (Phi) is 8.82. The molecule has 0 bridgehead atoms. The highest BCUT2D eigenvalue weighted by atomic mass is 29.2. The van der Waals surface area contributed by atoms with E-state index in [0.717, 1.165) is 41.5 Å². The van der Waals surface area contributed by atoms with Gasteiger partial charge in [-0.25, -0.2) is 0 Å². The molecule has 4 nitrogen and oxygen atoms in total. The zero-order valence-corrected chi connectivity index (χ0v) is 16.1. The lowest BCUT2D eigenvalue weighted by molar-refractivity contribution is 0.248. The van der Waals surface area contributed by atoms with Gasteiger partial charge in [0, 0.05) is 26.4 Å². The van der Waals surface area contributed by atoms with Gasteiger partial charge in [0.05, 0.1) is 17.8 Å². The highest BCUT2D eigenvalue weighted by molar-refractivity contribution is 7.09. The van der Waals surface area contributed by atoms with E-state index in [2.05, 4.69) is 25.0 Å². The highest BCUT2D eigenvalue weighted by Crippen LogP contribution is 2.13. The average Bonchev–Trinajstić information content (AvgIpc) is 2.25. The minimum absolute atomic E-state index is 0.708. The summed E-state index contributed by atoms with van der Waals surface area (Å²) >= 11 is 0. The first kappa shape index (κ1) is 17.5. The van der Waals surface area contributed by atoms with Crippen LogP contribution in [-0.2, 0) is 8.85 Å². The van der Waals surface area contributed by atoms with Crippen LogP contribution in [0.25, 0.3) is 0 Å². The summed E-state index contributed by atoms with van der Waals surface area (Å²) in [6, 6.07) is 1.11. The Balaban J connectivity index is 3.85. The molecule has 0 radical (unpaired) electrons. The molecule has 7 heteroatoms. The van der Waals surface area contributed by atoms with Crippen molar-refractivity contribution < 1.29 is 8.85 Å². The van der Waals surface area contributed by atoms with Crippen LogP contribution >= 0.6 is 0 Å². The lowest BCUT2D eigenvalue weighted by atomic mass is 10.5. The topological polar surface area (TPSA) is 56.5 Å². The van der Waals surface area contributed by atoms with Gasteiger partial charge in [-0.05, 0) is 19.0 Å². The largest absolute Gasteiger partial charge is 0.401 e. The van der Waals surface area contributed by atoms with Gasteiger partial charge in [0.25, 0.3) is 0 Å². The lowest BCUT2D eigenvalue weighted by Gasteiger charge is -2.29. The first-order chi connectivity index (χ1) is 7.83. The molecule has 0 aromatic carbocycles. The summed E-state index contributed by atoms with van der Waals surface area (Å²) in [4.78, 5) is 0. The first-order valence-electron chi connectivity index (χ1n) is 6.43. The van der Waals surface area contributed by atoms with Crippen molar-refractivity contribution >= 4 is 25.9 Å². The third-order valence-electron chi connectivity index (χ3n) is 2.55. The van der Waals surface area contributed by atoms with Gasteiger partial charge in [-0.2, -0.15) is 0 Å². The Morgan fingerprint density at radius 3 is 2.35 bits per heavy atom. The van der Waals surface area contributed by atoms with Gasteiger partial charge in [-0.3, -0.25) is 0 Å². The third kappa shape index (κ3) is 10.1. The van der Waals surface area contributed by atoms with Crippen molar-refractivity contribution in [3.63, 3.8) is 0 Å². The van der Waals surface area contributed by atoms with Crippen LogP contribution in [0.3, 0.4) is 0 Å². The molecule has 0 aliphatic heterocycles. The summed E-state index contributed by atoms with van der Waals surface area (Å²) in [6.07, 6.45) is 2.07. The molecule has 104 valence electrons. The Morgan fingerprint density at radius 1 is 1.24 bits per heavy atom. The molecular weight excluding hydrogens is 264 g/mol. The van der Waals surface area contributed by atoms with Crippen LogP contribution in [0.5, 0.6) is 0 Å². The molecule has 0 aromatic rings. The second-order valence-electron chi connectivity index (χ2n) is 5.83. The van der Waals surface area contributed by atoms with Crippen LogP contribution in [-0.4, -0.2) is 58.9 Å². The van der Waals surface area contributed by atoms with E-state index in [0.29, 0.717) is 6.54 Å². The lowest BCUT2D eigenvalue weighted by Crippen LogP contribution is -2.47. The van der Waals surface area contributed by atoms with E-state index < -0.39 is 16.2 Å². The minimum atomic E-state index is -1.79. The molecule has 0 saturated carbocycles. The number of rotatable bonds is 10. The maximum absolute atomic E-state index is 6.14. The smallest absolute Gasteiger partial charge is 0.304 e. The fourth-order valence-electron chi connectivity index (χ4n) is 1.36. The van der Waals surface area contributed by atoms with Gasteiger partial charge < -0.3 is 19.9 Å². The summed E-state index contributed by atoms with van der Waals surface area (Å²) in [5, 5.41) is 3.31. The van der Waals surface area contributed by atoms with Crippen molar-refractivity contribution in [2.75, 3.05) is 33.0 Å². The van der Waals surface area contributed by atoms with Crippen LogP contribution in [0.15, 0.2) is 0 Å². The van der Waals surface area contributed by atoms with Crippen LogP contribution in [0.2, 0.25) is 25.7 Å². The molecular formula is C10H30N2O2Si3. The van der Waals surface area contributed by atoms with Crippen LogP contribution in [0.4, 0.5) is 0 Å². The summed E-state index contributed by atoms with van der Waals surface area (Å²) in [5.41, 5.74) is 5.43. The van der Waals surface area contributed by atoms with Gasteiger partial charge in [0.15, 0.2) is 0 Å². The zero-order valence-electron chi connectivity index (χ0n) is 12.1. The molecule has 0 heterocycles. The Bertz CT molecular complexity index is 202. The average molecular weight is 295 g/mol. The molecule has 0 fully saturated rings. The molecule has 17 heavy (non-hydrogen) atoms. The van der Waals surface area contributed by atoms with E-state index in [1.807, 2.05) is 7.11 Å². The van der Waals surface area contributed by atoms with Crippen molar-refractivity contribution in [2.45, 2.75) is 32.1 Å². The summed E-state index contributed by atoms with van der Waals surface area (Å²) in [6.45, 7) is 9.64. The second kappa shape index (κ2) is 8.57. The highest BCUT2D eigenvalue weighted by Gasteiger charge is 2.30. The standard InChI is InChI=1S/C10H30N2O2Si3/c1-13-17(15,14-10-16(2,3)4)9-5-7-12-8-6-11/h12H,5-11H2,1-4,15H3. The molecule has 0 amide bonds. The second-order valence-corrected chi connectivity index (χ2v) is 19.3. The fourth-order valence-corrected chi connectivity index (χ4v) is 7.96. The molecule has 0 aliphatic carbocycles. The number of hydrogen-bond acceptors (Lipinski definition) is 4. The Hall–Kier alpha value is 0.491. The van der Waals surface area contributed by atoms with Gasteiger partial charge >= 0.3 is 8.08 Å². The minimum Gasteiger partial charge on any atom is -0.401 e. The van der Waals surface area contributed by atoms with Gasteiger partial charge in [-0.1, -0.05) is 19.6 Å². The monoisotopic (exact) mass is 294 g/mol. The summed E-state index contributed by atoms with van der Waals surface area (Å²) in [7, 11) is -0.0498. The molecule has 0 aliphatic rings. The van der Waals surface area contributed by atoms with Gasteiger partial charge in [0.1, 0.15) is 0 Å². The molecule has 0 spiro atoms. The summed E-state index contributed by atoms with van der Waals surface area (Å²) in [5.74, 6) is 0. The van der Waals surface area contributed by atoms with Crippen molar-refractivity contribution in [3.05, 3.63) is 0 Å². The predicted molar refractivity (Wildman–Crippen MR) is 83.3 cm³/mol. The number of hydrogen-bond donors (Lipinski definition) is 2. The molecule has 3 N–H and O–H groups in total. The van der Waals surface area contributed by atoms with Gasteiger partial charge in [0.2, 0.25) is 0 Å². The normalized spacial score (nSPS) is 16.1. The summed E-state index contributed by atoms with van der Waals surface area (Å²) < 4.78 is 11.8. The van der Waals surface area contributed by atoms with Gasteiger partial charge in [-0.15, -0.1) is 0 Å². The number of nitrogens with one attached hydrogen (secondary N) is 1. The van der Waals surface area contributed by atoms with E-state index in [4.69, 9.17) is 14.6 Å². The maximum Gasteiger partial charge on any atom is 0.304 e. The fraction of sp³-hybridized carbons (Fsp3) is 1.00. The first-order valence-corrected chi connectivity index (χ1v) is 15.7. The van der Waals surface area contributed by atoms with E-state index in [1.165, 1.54) is 0 Å². The van der Waals surface area contributed by atoms with E-state index in [-0.39, 0.29) is 0 Å². The van der Waals surface area contributed by atoms with Crippen molar-refractivity contribution in [3.8, 4) is 0 Å². The van der Waals surface area contributed by atoms with Crippen LogP contribution in [0.1, 0.15) is 6.42 Å². The Labute approximate surface area is 111 Å². The van der Waals surface area contributed by atoms with E-state index in [9.17, 15) is 0 Å². The molecule has 0 aromatic heterocycles. The molecule has 1 atom stereocenters. The quantitative estimate of drug-likeness (QED) is 0.432. The maximum atomic E-state index is 6.14. The van der Waals surface area contributed by atoms with Crippen LogP contribution < -0.4 is 11.1 Å². The zero-order chi connectivity index (χ0) is 13.4. The van der Waals surface area contributed by atoms with Crippen LogP contribution in [0, 0.1) is 0 Å². The Morgan fingerprint density at radius 2 is 1.88 bits per heavy atom. The van der Waals surface area contributed by atoms with Crippen molar-refractivity contribution in [2.24, 2.45) is 5.73 Å². The predicted octanol–water partition coefficient (Wildman–Crippen LogP) is -0.230. The van der Waals surface area contributed by atoms with Crippen molar-refractivity contribution in [1.82, 2.24) is 5.32 Å². The van der Waals surface area contributed by atoms with E-state index in [1.54, 1.807) is 0 Å². The van der Waals surface area contributed by atoms with Crippen molar-refractivity contribution in [1.29, 1.82) is 0 Å². The number of nitrogens with two attached hydrogens (primary N) is 1.